The SMILES string of the molecule is CC1CC(C)CN(S(=O)(=O)c2cccc(C(=O)NCC(c3ccccc3)N(C)C)c2)C1. The van der Waals surface area contributed by atoms with Crippen LogP contribution >= 0.6 is 0 Å². The van der Waals surface area contributed by atoms with Crippen LogP contribution in [0, 0.1) is 11.8 Å². The highest BCUT2D eigenvalue weighted by Gasteiger charge is 2.32. The molecule has 0 saturated carbocycles. The van der Waals surface area contributed by atoms with E-state index in [-0.39, 0.29) is 16.8 Å². The van der Waals surface area contributed by atoms with Crippen LogP contribution in [0.25, 0.3) is 0 Å². The van der Waals surface area contributed by atoms with E-state index in [2.05, 4.69) is 24.1 Å². The molecule has 0 spiro atoms. The number of benzene rings is 2. The largest absolute Gasteiger partial charge is 0.350 e. The maximum atomic E-state index is 13.2. The van der Waals surface area contributed by atoms with Gasteiger partial charge in [-0.3, -0.25) is 4.79 Å². The van der Waals surface area contributed by atoms with Gasteiger partial charge < -0.3 is 10.2 Å². The molecule has 1 fully saturated rings. The summed E-state index contributed by atoms with van der Waals surface area (Å²) >= 11 is 0. The van der Waals surface area contributed by atoms with Gasteiger partial charge in [0.2, 0.25) is 10.0 Å². The summed E-state index contributed by atoms with van der Waals surface area (Å²) in [4.78, 5) is 15.1. The summed E-state index contributed by atoms with van der Waals surface area (Å²) in [5.74, 6) is 0.372. The van der Waals surface area contributed by atoms with E-state index in [0.29, 0.717) is 37.0 Å². The van der Waals surface area contributed by atoms with Gasteiger partial charge in [-0.2, -0.15) is 4.31 Å². The van der Waals surface area contributed by atoms with Crippen molar-refractivity contribution in [1.82, 2.24) is 14.5 Å². The second-order valence-electron chi connectivity index (χ2n) is 8.90. The van der Waals surface area contributed by atoms with Gasteiger partial charge >= 0.3 is 0 Å². The first kappa shape index (κ1) is 23.4. The van der Waals surface area contributed by atoms with Crippen molar-refractivity contribution in [2.45, 2.75) is 31.2 Å². The Morgan fingerprint density at radius 3 is 2.32 bits per heavy atom. The minimum atomic E-state index is -3.63. The summed E-state index contributed by atoms with van der Waals surface area (Å²) in [6.07, 6.45) is 1.03. The lowest BCUT2D eigenvalue weighted by atomic mass is 9.94. The molecule has 6 nitrogen and oxygen atoms in total. The number of nitrogens with one attached hydrogen (secondary N) is 1. The minimum Gasteiger partial charge on any atom is -0.350 e. The molecule has 2 aromatic rings. The number of carbonyl (C=O) groups is 1. The Morgan fingerprint density at radius 2 is 1.71 bits per heavy atom. The van der Waals surface area contributed by atoms with E-state index in [9.17, 15) is 13.2 Å². The van der Waals surface area contributed by atoms with Crippen molar-refractivity contribution in [3.8, 4) is 0 Å². The van der Waals surface area contributed by atoms with E-state index in [1.165, 1.54) is 6.07 Å². The van der Waals surface area contributed by atoms with Gasteiger partial charge in [-0.1, -0.05) is 50.2 Å². The molecule has 3 rings (SSSR count). The van der Waals surface area contributed by atoms with E-state index in [1.807, 2.05) is 44.4 Å². The molecule has 3 atom stereocenters. The standard InChI is InChI=1S/C24H33N3O3S/c1-18-13-19(2)17-27(16-18)31(29,30)22-12-8-11-21(14-22)24(28)25-15-23(26(3)4)20-9-6-5-7-10-20/h5-12,14,18-19,23H,13,15-17H2,1-4H3,(H,25,28). The molecule has 0 bridgehead atoms. The molecular weight excluding hydrogens is 410 g/mol. The number of piperidine rings is 1. The van der Waals surface area contributed by atoms with E-state index in [1.54, 1.807) is 22.5 Å². The molecular formula is C24H33N3O3S. The van der Waals surface area contributed by atoms with Crippen molar-refractivity contribution < 1.29 is 13.2 Å². The number of sulfonamides is 1. The number of carbonyl (C=O) groups excluding carboxylic acids is 1. The number of rotatable bonds is 7. The zero-order chi connectivity index (χ0) is 22.6. The topological polar surface area (TPSA) is 69.7 Å². The van der Waals surface area contributed by atoms with Crippen LogP contribution in [0.5, 0.6) is 0 Å². The van der Waals surface area contributed by atoms with Gasteiger partial charge in [0.1, 0.15) is 0 Å². The number of hydrogen-bond acceptors (Lipinski definition) is 4. The van der Waals surface area contributed by atoms with E-state index < -0.39 is 10.0 Å². The van der Waals surface area contributed by atoms with E-state index in [4.69, 9.17) is 0 Å². The van der Waals surface area contributed by atoms with Crippen molar-refractivity contribution in [3.63, 3.8) is 0 Å². The lowest BCUT2D eigenvalue weighted by Gasteiger charge is -2.34. The molecule has 2 aromatic carbocycles. The maximum absolute atomic E-state index is 13.2. The highest BCUT2D eigenvalue weighted by atomic mass is 32.2. The zero-order valence-corrected chi connectivity index (χ0v) is 19.6. The Hall–Kier alpha value is -2.22. The van der Waals surface area contributed by atoms with Crippen LogP contribution in [0.15, 0.2) is 59.5 Å². The molecule has 31 heavy (non-hydrogen) atoms. The normalized spacial score (nSPS) is 21.1. The Balaban J connectivity index is 1.74. The van der Waals surface area contributed by atoms with E-state index in [0.717, 1.165) is 12.0 Å². The first-order valence-corrected chi connectivity index (χ1v) is 12.2. The second-order valence-corrected chi connectivity index (χ2v) is 10.8. The van der Waals surface area contributed by atoms with Crippen LogP contribution < -0.4 is 5.32 Å². The molecule has 0 aliphatic carbocycles. The molecule has 3 unspecified atom stereocenters. The summed E-state index contributed by atoms with van der Waals surface area (Å²) in [7, 11) is 0.313. The molecule has 1 saturated heterocycles. The fourth-order valence-electron chi connectivity index (χ4n) is 4.31. The average Bonchev–Trinajstić information content (AvgIpc) is 2.73. The number of nitrogens with zero attached hydrogens (tertiary/aromatic N) is 2. The van der Waals surface area contributed by atoms with Crippen LogP contribution in [-0.4, -0.2) is 57.3 Å². The fraction of sp³-hybridized carbons (Fsp3) is 0.458. The van der Waals surface area contributed by atoms with Crippen LogP contribution in [0.3, 0.4) is 0 Å². The Morgan fingerprint density at radius 1 is 1.06 bits per heavy atom. The van der Waals surface area contributed by atoms with Crippen molar-refractivity contribution in [2.75, 3.05) is 33.7 Å². The molecule has 168 valence electrons. The number of amides is 1. The van der Waals surface area contributed by atoms with Crippen molar-refractivity contribution in [3.05, 3.63) is 65.7 Å². The molecule has 0 radical (unpaired) electrons. The monoisotopic (exact) mass is 443 g/mol. The van der Waals surface area contributed by atoms with Crippen LogP contribution in [-0.2, 0) is 10.0 Å². The van der Waals surface area contributed by atoms with Crippen molar-refractivity contribution >= 4 is 15.9 Å². The van der Waals surface area contributed by atoms with Gasteiger partial charge in [-0.15, -0.1) is 0 Å². The number of hydrogen-bond donors (Lipinski definition) is 1. The van der Waals surface area contributed by atoms with Gasteiger partial charge in [0, 0.05) is 25.2 Å². The minimum absolute atomic E-state index is 0.0217. The summed E-state index contributed by atoms with van der Waals surface area (Å²) in [5, 5.41) is 2.96. The molecule has 1 heterocycles. The van der Waals surface area contributed by atoms with Gasteiger partial charge in [0.25, 0.3) is 5.91 Å². The highest BCUT2D eigenvalue weighted by molar-refractivity contribution is 7.89. The third-order valence-corrected chi connectivity index (χ3v) is 7.66. The Labute approximate surface area is 186 Å². The predicted octanol–water partition coefficient (Wildman–Crippen LogP) is 3.39. The predicted molar refractivity (Wildman–Crippen MR) is 123 cm³/mol. The van der Waals surface area contributed by atoms with Crippen molar-refractivity contribution in [2.24, 2.45) is 11.8 Å². The summed E-state index contributed by atoms with van der Waals surface area (Å²) in [5.41, 5.74) is 1.46. The highest BCUT2D eigenvalue weighted by Crippen LogP contribution is 2.27. The summed E-state index contributed by atoms with van der Waals surface area (Å²) in [6, 6.07) is 16.4. The van der Waals surface area contributed by atoms with Crippen LogP contribution in [0.2, 0.25) is 0 Å². The molecule has 1 N–H and O–H groups in total. The molecule has 0 aromatic heterocycles. The van der Waals surface area contributed by atoms with Crippen LogP contribution in [0.4, 0.5) is 0 Å². The third-order valence-electron chi connectivity index (χ3n) is 5.83. The average molecular weight is 444 g/mol. The fourth-order valence-corrected chi connectivity index (χ4v) is 6.04. The molecule has 1 amide bonds. The first-order valence-electron chi connectivity index (χ1n) is 10.8. The smallest absolute Gasteiger partial charge is 0.251 e. The Kier molecular flexibility index (Phi) is 7.51. The molecule has 1 aliphatic heterocycles. The lowest BCUT2D eigenvalue weighted by Crippen LogP contribution is -2.42. The first-order chi connectivity index (χ1) is 14.7. The van der Waals surface area contributed by atoms with Crippen molar-refractivity contribution in [1.29, 1.82) is 0 Å². The summed E-state index contributed by atoms with van der Waals surface area (Å²) < 4.78 is 27.9. The Bertz CT molecular complexity index is 982. The van der Waals surface area contributed by atoms with Crippen LogP contribution in [0.1, 0.15) is 42.2 Å². The van der Waals surface area contributed by atoms with E-state index >= 15 is 0 Å². The quantitative estimate of drug-likeness (QED) is 0.712. The van der Waals surface area contributed by atoms with Gasteiger partial charge in [-0.25, -0.2) is 8.42 Å². The maximum Gasteiger partial charge on any atom is 0.251 e. The molecule has 7 heteroatoms. The van der Waals surface area contributed by atoms with Gasteiger partial charge in [0.15, 0.2) is 0 Å². The molecule has 1 aliphatic rings. The third kappa shape index (κ3) is 5.73. The zero-order valence-electron chi connectivity index (χ0n) is 18.8. The van der Waals surface area contributed by atoms with Gasteiger partial charge in [-0.05, 0) is 56.1 Å². The number of likely N-dealkylation sites (N-methyl/N-ethyl adjacent to an activating group) is 1. The summed E-state index contributed by atoms with van der Waals surface area (Å²) in [6.45, 7) is 5.62. The second kappa shape index (κ2) is 9.94. The lowest BCUT2D eigenvalue weighted by molar-refractivity contribution is 0.0941. The van der Waals surface area contributed by atoms with Gasteiger partial charge in [0.05, 0.1) is 10.9 Å².